The molecule has 32 heavy (non-hydrogen) atoms. The standard InChI is InChI=1S/C24H22ClN5OS/c1-17(23(31)27-20-8-4-2-5-9-20)32-24-29-28-22(30(24)21-10-6-3-7-11-21)16-26-19-14-12-18(25)13-15-19/h2-15,17,26H,16H2,1H3,(H,27,31)/t17-/m1/s1. The van der Waals surface area contributed by atoms with Crippen molar-refractivity contribution in [2.75, 3.05) is 10.6 Å². The molecule has 0 saturated heterocycles. The summed E-state index contributed by atoms with van der Waals surface area (Å²) in [5, 5.41) is 16.0. The number of thioether (sulfide) groups is 1. The number of nitrogens with zero attached hydrogens (tertiary/aromatic N) is 3. The molecule has 1 aromatic heterocycles. The zero-order valence-electron chi connectivity index (χ0n) is 17.4. The van der Waals surface area contributed by atoms with E-state index in [-0.39, 0.29) is 11.2 Å². The van der Waals surface area contributed by atoms with Crippen molar-refractivity contribution < 1.29 is 4.79 Å². The van der Waals surface area contributed by atoms with Gasteiger partial charge in [-0.15, -0.1) is 10.2 Å². The van der Waals surface area contributed by atoms with Gasteiger partial charge in [-0.2, -0.15) is 0 Å². The van der Waals surface area contributed by atoms with Crippen LogP contribution in [0.5, 0.6) is 0 Å². The summed E-state index contributed by atoms with van der Waals surface area (Å²) in [6.45, 7) is 2.33. The molecule has 2 N–H and O–H groups in total. The first-order valence-corrected chi connectivity index (χ1v) is 11.4. The number of amides is 1. The van der Waals surface area contributed by atoms with E-state index >= 15 is 0 Å². The molecule has 1 atom stereocenters. The first kappa shape index (κ1) is 21.9. The van der Waals surface area contributed by atoms with Crippen LogP contribution in [0.25, 0.3) is 5.69 Å². The van der Waals surface area contributed by atoms with E-state index in [9.17, 15) is 4.79 Å². The number of aromatic nitrogens is 3. The molecule has 3 aromatic carbocycles. The maximum atomic E-state index is 12.7. The first-order valence-electron chi connectivity index (χ1n) is 10.1. The van der Waals surface area contributed by atoms with Gasteiger partial charge in [0.25, 0.3) is 0 Å². The topological polar surface area (TPSA) is 71.8 Å². The summed E-state index contributed by atoms with van der Waals surface area (Å²) in [6.07, 6.45) is 0. The highest BCUT2D eigenvalue weighted by molar-refractivity contribution is 8.00. The van der Waals surface area contributed by atoms with Crippen LogP contribution >= 0.6 is 23.4 Å². The Morgan fingerprint density at radius 2 is 1.59 bits per heavy atom. The second kappa shape index (κ2) is 10.3. The molecule has 1 heterocycles. The van der Waals surface area contributed by atoms with E-state index in [4.69, 9.17) is 11.6 Å². The maximum Gasteiger partial charge on any atom is 0.237 e. The highest BCUT2D eigenvalue weighted by atomic mass is 35.5. The minimum Gasteiger partial charge on any atom is -0.378 e. The zero-order valence-corrected chi connectivity index (χ0v) is 19.0. The van der Waals surface area contributed by atoms with E-state index in [1.54, 1.807) is 0 Å². The number of hydrogen-bond acceptors (Lipinski definition) is 5. The molecule has 4 rings (SSSR count). The fourth-order valence-corrected chi connectivity index (χ4v) is 4.07. The summed E-state index contributed by atoms with van der Waals surface area (Å²) in [6, 6.07) is 26.8. The summed E-state index contributed by atoms with van der Waals surface area (Å²) in [4.78, 5) is 12.7. The van der Waals surface area contributed by atoms with Crippen molar-refractivity contribution in [1.82, 2.24) is 14.8 Å². The van der Waals surface area contributed by atoms with Crippen LogP contribution in [0.3, 0.4) is 0 Å². The summed E-state index contributed by atoms with van der Waals surface area (Å²) in [5.74, 6) is 0.647. The first-order chi connectivity index (χ1) is 15.6. The van der Waals surface area contributed by atoms with Gasteiger partial charge in [-0.25, -0.2) is 0 Å². The molecule has 0 aliphatic carbocycles. The minimum atomic E-state index is -0.362. The van der Waals surface area contributed by atoms with Crippen molar-refractivity contribution in [3.8, 4) is 5.69 Å². The van der Waals surface area contributed by atoms with E-state index in [0.717, 1.165) is 22.9 Å². The summed E-state index contributed by atoms with van der Waals surface area (Å²) < 4.78 is 1.97. The molecule has 0 fully saturated rings. The van der Waals surface area contributed by atoms with Gasteiger partial charge in [0.1, 0.15) is 0 Å². The summed E-state index contributed by atoms with van der Waals surface area (Å²) in [7, 11) is 0. The normalized spacial score (nSPS) is 11.7. The Kier molecular flexibility index (Phi) is 7.09. The van der Waals surface area contributed by atoms with Crippen molar-refractivity contribution in [3.05, 3.63) is 95.8 Å². The van der Waals surface area contributed by atoms with Crippen molar-refractivity contribution in [2.45, 2.75) is 23.9 Å². The molecule has 0 bridgehead atoms. The van der Waals surface area contributed by atoms with Gasteiger partial charge < -0.3 is 10.6 Å². The molecule has 0 saturated carbocycles. The zero-order chi connectivity index (χ0) is 22.3. The molecule has 0 unspecified atom stereocenters. The lowest BCUT2D eigenvalue weighted by molar-refractivity contribution is -0.115. The Balaban J connectivity index is 1.53. The van der Waals surface area contributed by atoms with Crippen LogP contribution < -0.4 is 10.6 Å². The summed E-state index contributed by atoms with van der Waals surface area (Å²) in [5.41, 5.74) is 2.63. The number of carbonyl (C=O) groups is 1. The molecule has 6 nitrogen and oxygen atoms in total. The third-order valence-corrected chi connectivity index (χ3v) is 6.00. The largest absolute Gasteiger partial charge is 0.378 e. The smallest absolute Gasteiger partial charge is 0.237 e. The van der Waals surface area contributed by atoms with Crippen LogP contribution in [-0.2, 0) is 11.3 Å². The minimum absolute atomic E-state index is 0.0929. The average molecular weight is 464 g/mol. The van der Waals surface area contributed by atoms with Crippen LogP contribution in [0.1, 0.15) is 12.7 Å². The summed E-state index contributed by atoms with van der Waals surface area (Å²) >= 11 is 7.34. The maximum absolute atomic E-state index is 12.7. The number of rotatable bonds is 8. The lowest BCUT2D eigenvalue weighted by Gasteiger charge is -2.14. The Hall–Kier alpha value is -3.29. The van der Waals surface area contributed by atoms with E-state index in [1.807, 2.05) is 96.4 Å². The molecule has 0 aliphatic heterocycles. The Labute approximate surface area is 196 Å². The Morgan fingerprint density at radius 3 is 2.28 bits per heavy atom. The van der Waals surface area contributed by atoms with E-state index in [2.05, 4.69) is 20.8 Å². The second-order valence-corrected chi connectivity index (χ2v) is 8.79. The number of anilines is 2. The fourth-order valence-electron chi connectivity index (χ4n) is 3.05. The molecule has 8 heteroatoms. The van der Waals surface area contributed by atoms with Crippen LogP contribution in [-0.4, -0.2) is 25.9 Å². The molecule has 0 spiro atoms. The molecule has 0 aliphatic rings. The lowest BCUT2D eigenvalue weighted by Crippen LogP contribution is -2.23. The fraction of sp³-hybridized carbons (Fsp3) is 0.125. The third kappa shape index (κ3) is 5.49. The second-order valence-electron chi connectivity index (χ2n) is 7.05. The Bertz CT molecular complexity index is 1170. The predicted molar refractivity (Wildman–Crippen MR) is 131 cm³/mol. The SMILES string of the molecule is C[C@@H](Sc1nnc(CNc2ccc(Cl)cc2)n1-c1ccccc1)C(=O)Nc1ccccc1. The number of para-hydroxylation sites is 2. The van der Waals surface area contributed by atoms with Gasteiger partial charge in [-0.1, -0.05) is 59.8 Å². The van der Waals surface area contributed by atoms with Gasteiger partial charge >= 0.3 is 0 Å². The number of benzene rings is 3. The number of nitrogens with one attached hydrogen (secondary N) is 2. The predicted octanol–water partition coefficient (Wildman–Crippen LogP) is 5.65. The lowest BCUT2D eigenvalue weighted by atomic mass is 10.3. The highest BCUT2D eigenvalue weighted by Gasteiger charge is 2.21. The van der Waals surface area contributed by atoms with Crippen molar-refractivity contribution in [3.63, 3.8) is 0 Å². The van der Waals surface area contributed by atoms with Gasteiger partial charge in [0, 0.05) is 22.1 Å². The highest BCUT2D eigenvalue weighted by Crippen LogP contribution is 2.27. The van der Waals surface area contributed by atoms with Crippen molar-refractivity contribution >= 4 is 40.6 Å². The van der Waals surface area contributed by atoms with Crippen LogP contribution in [0.2, 0.25) is 5.02 Å². The van der Waals surface area contributed by atoms with Gasteiger partial charge in [-0.05, 0) is 55.5 Å². The quantitative estimate of drug-likeness (QED) is 0.330. The van der Waals surface area contributed by atoms with Crippen molar-refractivity contribution in [1.29, 1.82) is 0 Å². The van der Waals surface area contributed by atoms with Gasteiger partial charge in [0.05, 0.1) is 11.8 Å². The van der Waals surface area contributed by atoms with Gasteiger partial charge in [0.2, 0.25) is 5.91 Å². The van der Waals surface area contributed by atoms with E-state index < -0.39 is 0 Å². The molecule has 1 amide bonds. The van der Waals surface area contributed by atoms with E-state index in [0.29, 0.717) is 16.7 Å². The molecule has 0 radical (unpaired) electrons. The molecule has 4 aromatic rings. The van der Waals surface area contributed by atoms with Crippen molar-refractivity contribution in [2.24, 2.45) is 0 Å². The average Bonchev–Trinajstić information content (AvgIpc) is 3.22. The number of halogens is 1. The van der Waals surface area contributed by atoms with Crippen LogP contribution in [0.4, 0.5) is 11.4 Å². The monoisotopic (exact) mass is 463 g/mol. The number of carbonyl (C=O) groups excluding carboxylic acids is 1. The van der Waals surface area contributed by atoms with Crippen LogP contribution in [0.15, 0.2) is 90.1 Å². The molecular formula is C24H22ClN5OS. The van der Waals surface area contributed by atoms with Gasteiger partial charge in [-0.3, -0.25) is 9.36 Å². The third-order valence-electron chi connectivity index (χ3n) is 4.70. The number of hydrogen-bond donors (Lipinski definition) is 2. The molecule has 162 valence electrons. The van der Waals surface area contributed by atoms with Gasteiger partial charge in [0.15, 0.2) is 11.0 Å². The van der Waals surface area contributed by atoms with Crippen LogP contribution in [0, 0.1) is 0 Å². The molecular weight excluding hydrogens is 442 g/mol. The Morgan fingerprint density at radius 1 is 0.938 bits per heavy atom. The van der Waals surface area contributed by atoms with E-state index in [1.165, 1.54) is 11.8 Å².